The molecular formula is C12H18ClN3O2. The Morgan fingerprint density at radius 1 is 1.56 bits per heavy atom. The first kappa shape index (κ1) is 14.6. The van der Waals surface area contributed by atoms with Crippen LogP contribution in [0, 0.1) is 0 Å². The fourth-order valence-electron chi connectivity index (χ4n) is 1.60. The van der Waals surface area contributed by atoms with Crippen molar-refractivity contribution in [3.8, 4) is 0 Å². The number of nitrogens with zero attached hydrogens (tertiary/aromatic N) is 2. The maximum absolute atomic E-state index is 9.28. The van der Waals surface area contributed by atoms with E-state index in [9.17, 15) is 5.11 Å². The van der Waals surface area contributed by atoms with Gasteiger partial charge in [0, 0.05) is 29.9 Å². The van der Waals surface area contributed by atoms with E-state index in [1.54, 1.807) is 25.1 Å². The van der Waals surface area contributed by atoms with Crippen molar-refractivity contribution in [2.75, 3.05) is 18.5 Å². The summed E-state index contributed by atoms with van der Waals surface area (Å²) in [7, 11) is 1.87. The number of rotatable bonds is 5. The number of nitrogens with two attached hydrogens (primary N) is 1. The van der Waals surface area contributed by atoms with Gasteiger partial charge < -0.3 is 20.9 Å². The molecule has 1 rings (SSSR count). The fraction of sp³-hybridized carbons (Fsp3) is 0.417. The number of hydrogen-bond acceptors (Lipinski definition) is 4. The Labute approximate surface area is 111 Å². The Kier molecular flexibility index (Phi) is 5.25. The highest BCUT2D eigenvalue weighted by Crippen LogP contribution is 2.23. The van der Waals surface area contributed by atoms with Gasteiger partial charge in [0.05, 0.1) is 6.10 Å². The maximum Gasteiger partial charge on any atom is 0.172 e. The van der Waals surface area contributed by atoms with Crippen LogP contribution in [-0.2, 0) is 0 Å². The minimum atomic E-state index is -0.368. The van der Waals surface area contributed by atoms with Crippen LogP contribution in [0.2, 0.25) is 5.02 Å². The molecule has 4 N–H and O–H groups in total. The highest BCUT2D eigenvalue weighted by molar-refractivity contribution is 6.31. The predicted molar refractivity (Wildman–Crippen MR) is 73.5 cm³/mol. The van der Waals surface area contributed by atoms with Crippen molar-refractivity contribution >= 4 is 23.1 Å². The molecule has 0 aliphatic carbocycles. The molecule has 0 fully saturated rings. The molecule has 1 atom stereocenters. The van der Waals surface area contributed by atoms with Gasteiger partial charge in [0.1, 0.15) is 0 Å². The Morgan fingerprint density at radius 3 is 2.78 bits per heavy atom. The Morgan fingerprint density at radius 2 is 2.22 bits per heavy atom. The van der Waals surface area contributed by atoms with Crippen molar-refractivity contribution < 1.29 is 10.3 Å². The van der Waals surface area contributed by atoms with Gasteiger partial charge in [0.15, 0.2) is 5.84 Å². The van der Waals surface area contributed by atoms with Gasteiger partial charge in [-0.3, -0.25) is 0 Å². The first-order chi connectivity index (χ1) is 8.45. The molecule has 0 heterocycles. The summed E-state index contributed by atoms with van der Waals surface area (Å²) < 4.78 is 0. The minimum absolute atomic E-state index is 0.0106. The summed E-state index contributed by atoms with van der Waals surface area (Å²) in [4.78, 5) is 1.93. The summed E-state index contributed by atoms with van der Waals surface area (Å²) in [5.74, 6) is 0.0106. The molecule has 0 spiro atoms. The number of amidine groups is 1. The lowest BCUT2D eigenvalue weighted by Gasteiger charge is -2.22. The molecular weight excluding hydrogens is 254 g/mol. The summed E-state index contributed by atoms with van der Waals surface area (Å²) in [5.41, 5.74) is 6.99. The van der Waals surface area contributed by atoms with Gasteiger partial charge in [-0.25, -0.2) is 0 Å². The molecule has 0 aliphatic heterocycles. The lowest BCUT2D eigenvalue weighted by Crippen LogP contribution is -2.25. The second kappa shape index (κ2) is 6.47. The first-order valence-electron chi connectivity index (χ1n) is 5.62. The third-order valence-corrected chi connectivity index (χ3v) is 2.87. The van der Waals surface area contributed by atoms with Gasteiger partial charge in [-0.2, -0.15) is 0 Å². The van der Waals surface area contributed by atoms with Crippen molar-refractivity contribution in [3.05, 3.63) is 28.8 Å². The molecule has 1 aromatic rings. The number of aliphatic hydroxyl groups is 1. The second-order valence-electron chi connectivity index (χ2n) is 4.21. The largest absolute Gasteiger partial charge is 0.409 e. The zero-order chi connectivity index (χ0) is 13.7. The number of hydrogen-bond donors (Lipinski definition) is 3. The van der Waals surface area contributed by atoms with Crippen LogP contribution in [0.3, 0.4) is 0 Å². The number of halogens is 1. The Balaban J connectivity index is 3.00. The normalized spacial score (nSPS) is 13.4. The molecule has 6 heteroatoms. The van der Waals surface area contributed by atoms with Crippen molar-refractivity contribution in [3.63, 3.8) is 0 Å². The molecule has 0 radical (unpaired) electrons. The van der Waals surface area contributed by atoms with Crippen LogP contribution in [-0.4, -0.2) is 35.8 Å². The molecule has 0 bridgehead atoms. The monoisotopic (exact) mass is 271 g/mol. The van der Waals surface area contributed by atoms with Crippen LogP contribution in [0.1, 0.15) is 18.9 Å². The molecule has 18 heavy (non-hydrogen) atoms. The molecule has 100 valence electrons. The maximum atomic E-state index is 9.28. The minimum Gasteiger partial charge on any atom is -0.409 e. The predicted octanol–water partition coefficient (Wildman–Crippen LogP) is 1.64. The molecule has 0 aliphatic rings. The third kappa shape index (κ3) is 3.78. The molecule has 0 aromatic heterocycles. The van der Waals surface area contributed by atoms with Gasteiger partial charge in [0.25, 0.3) is 0 Å². The number of oxime groups is 1. The van der Waals surface area contributed by atoms with Gasteiger partial charge in [-0.05, 0) is 31.5 Å². The van der Waals surface area contributed by atoms with Crippen molar-refractivity contribution in [2.24, 2.45) is 10.9 Å². The summed E-state index contributed by atoms with van der Waals surface area (Å²) >= 11 is 5.90. The third-order valence-electron chi connectivity index (χ3n) is 2.64. The van der Waals surface area contributed by atoms with E-state index in [1.165, 1.54) is 0 Å². The molecule has 0 saturated carbocycles. The second-order valence-corrected chi connectivity index (χ2v) is 4.64. The summed E-state index contributed by atoms with van der Waals surface area (Å²) in [6.07, 6.45) is 0.265. The standard InChI is InChI=1S/C12H18ClN3O2/c1-8(17)5-6-16(2)11-4-3-9(13)7-10(11)12(14)15-18/h3-4,7-8,17-18H,5-6H2,1-2H3,(H2,14,15). The van der Waals surface area contributed by atoms with Crippen molar-refractivity contribution in [1.29, 1.82) is 0 Å². The molecule has 1 unspecified atom stereocenters. The van der Waals surface area contributed by atoms with Crippen LogP contribution in [0.4, 0.5) is 5.69 Å². The lowest BCUT2D eigenvalue weighted by molar-refractivity contribution is 0.187. The van der Waals surface area contributed by atoms with E-state index >= 15 is 0 Å². The number of anilines is 1. The zero-order valence-corrected chi connectivity index (χ0v) is 11.2. The number of aliphatic hydroxyl groups excluding tert-OH is 1. The van der Waals surface area contributed by atoms with Gasteiger partial charge in [0.2, 0.25) is 0 Å². The highest BCUT2D eigenvalue weighted by Gasteiger charge is 2.12. The highest BCUT2D eigenvalue weighted by atomic mass is 35.5. The summed E-state index contributed by atoms with van der Waals surface area (Å²) in [5, 5.41) is 21.6. The van der Waals surface area contributed by atoms with E-state index in [2.05, 4.69) is 5.16 Å². The molecule has 0 saturated heterocycles. The van der Waals surface area contributed by atoms with Crippen LogP contribution < -0.4 is 10.6 Å². The fourth-order valence-corrected chi connectivity index (χ4v) is 1.77. The Hall–Kier alpha value is -1.46. The van der Waals surface area contributed by atoms with Crippen LogP contribution in [0.15, 0.2) is 23.4 Å². The van der Waals surface area contributed by atoms with Gasteiger partial charge in [-0.1, -0.05) is 16.8 Å². The smallest absolute Gasteiger partial charge is 0.172 e. The quantitative estimate of drug-likeness (QED) is 0.329. The van der Waals surface area contributed by atoms with Crippen molar-refractivity contribution in [2.45, 2.75) is 19.4 Å². The molecule has 5 nitrogen and oxygen atoms in total. The average molecular weight is 272 g/mol. The average Bonchev–Trinajstić information content (AvgIpc) is 2.34. The lowest BCUT2D eigenvalue weighted by atomic mass is 10.1. The van der Waals surface area contributed by atoms with E-state index in [0.29, 0.717) is 23.6 Å². The topological polar surface area (TPSA) is 82.1 Å². The van der Waals surface area contributed by atoms with E-state index < -0.39 is 0 Å². The Bertz CT molecular complexity index is 435. The van der Waals surface area contributed by atoms with E-state index in [1.807, 2.05) is 11.9 Å². The summed E-state index contributed by atoms with van der Waals surface area (Å²) in [6.45, 7) is 2.39. The SMILES string of the molecule is CC(O)CCN(C)c1ccc(Cl)cc1/C(N)=N/O. The first-order valence-corrected chi connectivity index (χ1v) is 6.00. The van der Waals surface area contributed by atoms with Crippen LogP contribution in [0.5, 0.6) is 0 Å². The van der Waals surface area contributed by atoms with E-state index in [0.717, 1.165) is 5.69 Å². The van der Waals surface area contributed by atoms with Gasteiger partial charge >= 0.3 is 0 Å². The van der Waals surface area contributed by atoms with Crippen molar-refractivity contribution in [1.82, 2.24) is 0 Å². The van der Waals surface area contributed by atoms with Crippen LogP contribution >= 0.6 is 11.6 Å². The zero-order valence-electron chi connectivity index (χ0n) is 10.5. The van der Waals surface area contributed by atoms with Crippen LogP contribution in [0.25, 0.3) is 0 Å². The van der Waals surface area contributed by atoms with E-state index in [-0.39, 0.29) is 11.9 Å². The van der Waals surface area contributed by atoms with Gasteiger partial charge in [-0.15, -0.1) is 0 Å². The molecule has 0 amide bonds. The van der Waals surface area contributed by atoms with E-state index in [4.69, 9.17) is 22.5 Å². The summed E-state index contributed by atoms with van der Waals surface area (Å²) in [6, 6.07) is 5.19. The number of benzene rings is 1. The molecule has 1 aromatic carbocycles.